The first kappa shape index (κ1) is 10.6. The van der Waals surface area contributed by atoms with Crippen LogP contribution in [-0.2, 0) is 0 Å². The van der Waals surface area contributed by atoms with Crippen molar-refractivity contribution in [3.8, 4) is 0 Å². The van der Waals surface area contributed by atoms with Crippen LogP contribution in [0.5, 0.6) is 0 Å². The van der Waals surface area contributed by atoms with E-state index in [1.165, 1.54) is 0 Å². The van der Waals surface area contributed by atoms with Crippen LogP contribution in [-0.4, -0.2) is 10.1 Å². The highest BCUT2D eigenvalue weighted by Gasteiger charge is 2.14. The summed E-state index contributed by atoms with van der Waals surface area (Å²) >= 11 is 7.35. The van der Waals surface area contributed by atoms with E-state index >= 15 is 0 Å². The minimum atomic E-state index is -0.659. The van der Waals surface area contributed by atoms with Crippen LogP contribution >= 0.6 is 22.9 Å². The van der Waals surface area contributed by atoms with Crippen molar-refractivity contribution < 1.29 is 5.11 Å². The molecule has 2 nitrogen and oxygen atoms in total. The third-order valence-corrected chi connectivity index (χ3v) is 3.31. The molecule has 1 atom stereocenters. The lowest BCUT2D eigenvalue weighted by molar-refractivity contribution is 0.215. The number of rotatable bonds is 2. The van der Waals surface area contributed by atoms with Crippen molar-refractivity contribution in [1.29, 1.82) is 0 Å². The summed E-state index contributed by atoms with van der Waals surface area (Å²) in [5.41, 5.74) is 1.54. The van der Waals surface area contributed by atoms with Crippen molar-refractivity contribution in [1.82, 2.24) is 4.98 Å². The van der Waals surface area contributed by atoms with Gasteiger partial charge in [-0.05, 0) is 30.5 Å². The molecule has 0 radical (unpaired) electrons. The molecule has 2 aromatic heterocycles. The quantitative estimate of drug-likeness (QED) is 0.873. The van der Waals surface area contributed by atoms with Crippen LogP contribution in [0.25, 0.3) is 0 Å². The van der Waals surface area contributed by atoms with Crippen molar-refractivity contribution in [2.24, 2.45) is 0 Å². The molecule has 0 fully saturated rings. The molecular formula is C11H10ClNOS. The third kappa shape index (κ3) is 2.20. The molecule has 2 heterocycles. The van der Waals surface area contributed by atoms with Crippen molar-refractivity contribution in [2.75, 3.05) is 0 Å². The second-order valence-electron chi connectivity index (χ2n) is 3.24. The summed E-state index contributed by atoms with van der Waals surface area (Å²) in [5.74, 6) is 0. The molecule has 4 heteroatoms. The highest BCUT2D eigenvalue weighted by molar-refractivity contribution is 7.10. The molecule has 0 aromatic carbocycles. The molecule has 1 unspecified atom stereocenters. The zero-order chi connectivity index (χ0) is 10.8. The zero-order valence-electron chi connectivity index (χ0n) is 8.14. The van der Waals surface area contributed by atoms with Gasteiger partial charge in [0.25, 0.3) is 0 Å². The molecule has 0 saturated carbocycles. The number of hydrogen-bond acceptors (Lipinski definition) is 3. The molecule has 0 saturated heterocycles. The van der Waals surface area contributed by atoms with E-state index < -0.39 is 6.10 Å². The van der Waals surface area contributed by atoms with Crippen LogP contribution in [0, 0.1) is 6.92 Å². The molecule has 0 aliphatic heterocycles. The average Bonchev–Trinajstić information content (AvgIpc) is 2.65. The van der Waals surface area contributed by atoms with E-state index in [0.717, 1.165) is 10.4 Å². The van der Waals surface area contributed by atoms with Gasteiger partial charge in [0.05, 0.1) is 10.7 Å². The number of pyridine rings is 1. The fourth-order valence-corrected chi connectivity index (χ4v) is 2.23. The lowest BCUT2D eigenvalue weighted by atomic mass is 10.1. The first-order valence-corrected chi connectivity index (χ1v) is 5.78. The lowest BCUT2D eigenvalue weighted by Crippen LogP contribution is -2.01. The number of hydrogen-bond donors (Lipinski definition) is 1. The highest BCUT2D eigenvalue weighted by Crippen LogP contribution is 2.27. The number of aryl methyl sites for hydroxylation is 1. The third-order valence-electron chi connectivity index (χ3n) is 2.22. The summed E-state index contributed by atoms with van der Waals surface area (Å²) in [6.07, 6.45) is 0.885. The first-order chi connectivity index (χ1) is 7.18. The van der Waals surface area contributed by atoms with Crippen LogP contribution in [0.1, 0.15) is 22.2 Å². The van der Waals surface area contributed by atoms with Crippen LogP contribution in [0.3, 0.4) is 0 Å². The molecule has 0 bridgehead atoms. The summed E-state index contributed by atoms with van der Waals surface area (Å²) in [7, 11) is 0. The maximum Gasteiger partial charge on any atom is 0.122 e. The van der Waals surface area contributed by atoms with Gasteiger partial charge in [-0.1, -0.05) is 11.6 Å². The number of aromatic nitrogens is 1. The van der Waals surface area contributed by atoms with Crippen LogP contribution in [0.4, 0.5) is 0 Å². The van der Waals surface area contributed by atoms with Gasteiger partial charge in [0.15, 0.2) is 0 Å². The molecule has 2 rings (SSSR count). The number of aliphatic hydroxyl groups is 1. The normalized spacial score (nSPS) is 12.7. The summed E-state index contributed by atoms with van der Waals surface area (Å²) in [4.78, 5) is 5.21. The maximum absolute atomic E-state index is 10.1. The largest absolute Gasteiger partial charge is 0.382 e. The van der Waals surface area contributed by atoms with E-state index in [-0.39, 0.29) is 0 Å². The molecule has 15 heavy (non-hydrogen) atoms. The maximum atomic E-state index is 10.1. The molecule has 0 amide bonds. The van der Waals surface area contributed by atoms with Gasteiger partial charge < -0.3 is 5.11 Å². The van der Waals surface area contributed by atoms with Crippen LogP contribution < -0.4 is 0 Å². The molecular weight excluding hydrogens is 230 g/mol. The molecule has 2 aromatic rings. The Hall–Kier alpha value is -0.900. The van der Waals surface area contributed by atoms with Gasteiger partial charge in [-0.15, -0.1) is 11.3 Å². The van der Waals surface area contributed by atoms with E-state index in [4.69, 9.17) is 11.6 Å². The van der Waals surface area contributed by atoms with Crippen molar-refractivity contribution in [2.45, 2.75) is 13.0 Å². The summed E-state index contributed by atoms with van der Waals surface area (Å²) in [6, 6.07) is 5.39. The van der Waals surface area contributed by atoms with E-state index in [1.807, 2.05) is 18.4 Å². The van der Waals surface area contributed by atoms with E-state index in [9.17, 15) is 5.11 Å². The Morgan fingerprint density at radius 1 is 1.40 bits per heavy atom. The minimum Gasteiger partial charge on any atom is -0.382 e. The van der Waals surface area contributed by atoms with Gasteiger partial charge in [-0.25, -0.2) is 0 Å². The van der Waals surface area contributed by atoms with Crippen molar-refractivity contribution in [3.63, 3.8) is 0 Å². The van der Waals surface area contributed by atoms with Gasteiger partial charge in [0.2, 0.25) is 0 Å². The Bertz CT molecular complexity index is 452. The number of thiophene rings is 1. The van der Waals surface area contributed by atoms with Gasteiger partial charge in [-0.2, -0.15) is 0 Å². The summed E-state index contributed by atoms with van der Waals surface area (Å²) < 4.78 is 0. The second kappa shape index (κ2) is 4.31. The van der Waals surface area contributed by atoms with Gasteiger partial charge in [0, 0.05) is 16.6 Å². The monoisotopic (exact) mass is 239 g/mol. The number of halogens is 1. The SMILES string of the molecule is Cc1sccc1C(O)c1ccc(Cl)cn1. The second-order valence-corrected chi connectivity index (χ2v) is 4.79. The topological polar surface area (TPSA) is 33.1 Å². The summed E-state index contributed by atoms with van der Waals surface area (Å²) in [5, 5.41) is 12.6. The predicted molar refractivity (Wildman–Crippen MR) is 62.4 cm³/mol. The minimum absolute atomic E-state index is 0.577. The molecule has 0 spiro atoms. The molecule has 0 aliphatic carbocycles. The Morgan fingerprint density at radius 2 is 2.20 bits per heavy atom. The fraction of sp³-hybridized carbons (Fsp3) is 0.182. The zero-order valence-corrected chi connectivity index (χ0v) is 9.72. The standard InChI is InChI=1S/C11H10ClNOS/c1-7-9(4-5-15-7)11(14)10-3-2-8(12)6-13-10/h2-6,11,14H,1H3. The summed E-state index contributed by atoms with van der Waals surface area (Å²) in [6.45, 7) is 1.99. The molecule has 0 aliphatic rings. The lowest BCUT2D eigenvalue weighted by Gasteiger charge is -2.09. The van der Waals surface area contributed by atoms with Gasteiger partial charge >= 0.3 is 0 Å². The van der Waals surface area contributed by atoms with Crippen molar-refractivity contribution >= 4 is 22.9 Å². The average molecular weight is 240 g/mol. The molecule has 1 N–H and O–H groups in total. The van der Waals surface area contributed by atoms with Crippen LogP contribution in [0.15, 0.2) is 29.8 Å². The Labute approximate surface area is 97.2 Å². The van der Waals surface area contributed by atoms with E-state index in [0.29, 0.717) is 10.7 Å². The van der Waals surface area contributed by atoms with Gasteiger partial charge in [-0.3, -0.25) is 4.98 Å². The van der Waals surface area contributed by atoms with Crippen molar-refractivity contribution in [3.05, 3.63) is 50.9 Å². The van der Waals surface area contributed by atoms with Crippen LogP contribution in [0.2, 0.25) is 5.02 Å². The van der Waals surface area contributed by atoms with Gasteiger partial charge in [0.1, 0.15) is 6.10 Å². The Kier molecular flexibility index (Phi) is 3.05. The Morgan fingerprint density at radius 3 is 2.73 bits per heavy atom. The number of nitrogens with zero attached hydrogens (tertiary/aromatic N) is 1. The number of aliphatic hydroxyl groups excluding tert-OH is 1. The van der Waals surface area contributed by atoms with E-state index in [2.05, 4.69) is 4.98 Å². The smallest absolute Gasteiger partial charge is 0.122 e. The highest BCUT2D eigenvalue weighted by atomic mass is 35.5. The molecule has 78 valence electrons. The Balaban J connectivity index is 2.32. The first-order valence-electron chi connectivity index (χ1n) is 4.52. The predicted octanol–water partition coefficient (Wildman–Crippen LogP) is 3.19. The van der Waals surface area contributed by atoms with E-state index in [1.54, 1.807) is 29.7 Å². The fourth-order valence-electron chi connectivity index (χ4n) is 1.39.